The number of hydrogen-bond donors (Lipinski definition) is 6. The van der Waals surface area contributed by atoms with E-state index in [0.717, 1.165) is 36.8 Å². The van der Waals surface area contributed by atoms with Crippen molar-refractivity contribution >= 4 is 72.1 Å². The van der Waals surface area contributed by atoms with Crippen molar-refractivity contribution < 1.29 is 56.7 Å². The van der Waals surface area contributed by atoms with E-state index >= 15 is 0 Å². The molecule has 2 unspecified atom stereocenters. The number of aliphatic carboxylic acids is 2. The van der Waals surface area contributed by atoms with Gasteiger partial charge in [0.05, 0.1) is 21.2 Å². The first-order valence-electron chi connectivity index (χ1n) is 15.6. The summed E-state index contributed by atoms with van der Waals surface area (Å²) in [6, 6.07) is 5.30. The molecule has 15 nitrogen and oxygen atoms in total. The van der Waals surface area contributed by atoms with Crippen molar-refractivity contribution in [3.63, 3.8) is 0 Å². The van der Waals surface area contributed by atoms with E-state index in [4.69, 9.17) is 53.5 Å². The number of carboxylic acid groups (broad SMARTS) is 2. The molecule has 3 aromatic rings. The molecular formula is C32H42Cl2F3N6O9PS. The summed E-state index contributed by atoms with van der Waals surface area (Å²) < 4.78 is 58.8. The second-order valence-corrected chi connectivity index (χ2v) is 16.3. The second-order valence-electron chi connectivity index (χ2n) is 12.2. The highest BCUT2D eigenvalue weighted by Crippen LogP contribution is 2.37. The molecule has 1 heterocycles. The van der Waals surface area contributed by atoms with Gasteiger partial charge in [-0.05, 0) is 83.7 Å². The van der Waals surface area contributed by atoms with Crippen LogP contribution in [0.3, 0.4) is 0 Å². The maximum Gasteiger partial charge on any atom is 0.416 e. The number of benzene rings is 2. The molecule has 0 aliphatic rings. The summed E-state index contributed by atoms with van der Waals surface area (Å²) in [5, 5.41) is 23.8. The minimum Gasteiger partial charge on any atom is -0.480 e. The predicted octanol–water partition coefficient (Wildman–Crippen LogP) is 7.36. The van der Waals surface area contributed by atoms with Gasteiger partial charge in [0.25, 0.3) is 0 Å². The summed E-state index contributed by atoms with van der Waals surface area (Å²) in [5.41, 5.74) is 3.92. The van der Waals surface area contributed by atoms with Crippen LogP contribution < -0.4 is 21.1 Å². The van der Waals surface area contributed by atoms with Crippen LogP contribution in [-0.4, -0.2) is 91.3 Å². The Morgan fingerprint density at radius 2 is 1.61 bits per heavy atom. The molecule has 54 heavy (non-hydrogen) atoms. The Morgan fingerprint density at radius 1 is 1.00 bits per heavy atom. The molecule has 300 valence electrons. The van der Waals surface area contributed by atoms with Crippen LogP contribution in [-0.2, 0) is 25.1 Å². The van der Waals surface area contributed by atoms with Gasteiger partial charge in [0.15, 0.2) is 18.6 Å². The lowest BCUT2D eigenvalue weighted by molar-refractivity contribution is -0.146. The number of esters is 1. The van der Waals surface area contributed by atoms with E-state index in [1.165, 1.54) is 30.6 Å². The molecule has 22 heteroatoms. The van der Waals surface area contributed by atoms with Crippen LogP contribution in [0.2, 0.25) is 10.0 Å². The van der Waals surface area contributed by atoms with Crippen LogP contribution >= 0.6 is 42.3 Å². The molecule has 0 bridgehead atoms. The Bertz CT molecular complexity index is 1800. The van der Waals surface area contributed by atoms with Crippen LogP contribution in [0, 0.1) is 0 Å². The van der Waals surface area contributed by atoms with Gasteiger partial charge in [-0.3, -0.25) is 9.36 Å². The van der Waals surface area contributed by atoms with Crippen LogP contribution in [0.1, 0.15) is 57.0 Å². The molecule has 0 saturated carbocycles. The fourth-order valence-corrected chi connectivity index (χ4v) is 4.99. The van der Waals surface area contributed by atoms with Crippen molar-refractivity contribution in [2.75, 3.05) is 36.3 Å². The van der Waals surface area contributed by atoms with Crippen molar-refractivity contribution in [1.82, 2.24) is 15.0 Å². The van der Waals surface area contributed by atoms with Gasteiger partial charge >= 0.3 is 24.1 Å². The van der Waals surface area contributed by atoms with Gasteiger partial charge in [-0.1, -0.05) is 35.0 Å². The molecule has 0 aliphatic carbocycles. The van der Waals surface area contributed by atoms with Crippen LogP contribution in [0.4, 0.5) is 25.1 Å². The number of nitrogens with two attached hydrogens (primary N) is 1. The smallest absolute Gasteiger partial charge is 0.416 e. The highest BCUT2D eigenvalue weighted by Gasteiger charge is 2.31. The third-order valence-corrected chi connectivity index (χ3v) is 8.33. The lowest BCUT2D eigenvalue weighted by atomic mass is 10.1. The van der Waals surface area contributed by atoms with Gasteiger partial charge < -0.3 is 40.9 Å². The van der Waals surface area contributed by atoms with Crippen LogP contribution in [0.5, 0.6) is 11.5 Å². The van der Waals surface area contributed by atoms with E-state index in [-0.39, 0.29) is 45.2 Å². The minimum atomic E-state index is -4.56. The number of halogens is 5. The number of nitrogens with one attached hydrogen (secondary N) is 2. The molecule has 0 saturated heterocycles. The number of hydrogen-bond acceptors (Lipinski definition) is 13. The zero-order chi connectivity index (χ0) is 41.6. The average molecular weight is 846 g/mol. The number of carboxylic acids is 2. The number of nitrogens with zero attached hydrogens (tertiary/aromatic N) is 3. The summed E-state index contributed by atoms with van der Waals surface area (Å²) >= 11 is 13.2. The largest absolute Gasteiger partial charge is 0.480 e. The number of ether oxygens (including phenoxy) is 2. The number of alkyl halides is 3. The SMILES string of the molecule is CCNc1nc(NC(C)(C)C)nc(SC)n1.CP(=O)(O)CCC(N)C(=O)O.C[C@H](OC(=O)c1cc(Oc2ccc(C(F)(F)F)cc2Cl)ccc1Cl)C(=O)O. The number of rotatable bonds is 13. The van der Waals surface area contributed by atoms with Crippen molar-refractivity contribution in [1.29, 1.82) is 0 Å². The Balaban J connectivity index is 0.000000456. The van der Waals surface area contributed by atoms with Gasteiger partial charge in [0.2, 0.25) is 11.9 Å². The normalized spacial score (nSPS) is 13.4. The second kappa shape index (κ2) is 21.3. The van der Waals surface area contributed by atoms with Crippen molar-refractivity contribution in [3.05, 3.63) is 57.6 Å². The van der Waals surface area contributed by atoms with E-state index in [1.54, 1.807) is 0 Å². The summed E-state index contributed by atoms with van der Waals surface area (Å²) in [4.78, 5) is 54.5. The zero-order valence-corrected chi connectivity index (χ0v) is 33.4. The zero-order valence-electron chi connectivity index (χ0n) is 30.2. The predicted molar refractivity (Wildman–Crippen MR) is 200 cm³/mol. The standard InChI is InChI=1S/C17H11Cl2F3O5.C10H19N5S.C5H12NO4P/c1-8(15(23)24)26-16(25)11-7-10(3-4-12(11)18)27-14-5-2-9(6-13(14)19)17(20,21)22;1-6-11-7-12-8(15-10(2,3)4)14-9(13-7)16-5;1-11(9,10)3-2-4(6)5(7)8/h2-8H,1H3,(H,23,24);6H2,1-5H3,(H2,11,12,13,14,15);4H,2-3,6H2,1H3,(H,7,8)(H,9,10)/t8-;;/m0../s1. The number of thioether (sulfide) groups is 1. The Labute approximate surface area is 324 Å². The van der Waals surface area contributed by atoms with Crippen LogP contribution in [0.15, 0.2) is 41.6 Å². The Morgan fingerprint density at radius 3 is 2.09 bits per heavy atom. The van der Waals surface area contributed by atoms with E-state index in [2.05, 4.69) is 46.4 Å². The molecule has 1 aromatic heterocycles. The van der Waals surface area contributed by atoms with Gasteiger partial charge in [0.1, 0.15) is 17.5 Å². The summed E-state index contributed by atoms with van der Waals surface area (Å²) in [6.45, 7) is 11.4. The molecule has 0 spiro atoms. The summed E-state index contributed by atoms with van der Waals surface area (Å²) in [6.07, 6.45) is -4.01. The fraction of sp³-hybridized carbons (Fsp3) is 0.438. The Hall–Kier alpha value is -3.87. The van der Waals surface area contributed by atoms with Gasteiger partial charge in [-0.2, -0.15) is 28.1 Å². The van der Waals surface area contributed by atoms with E-state index in [1.807, 2.05) is 13.2 Å². The van der Waals surface area contributed by atoms with Crippen molar-refractivity contribution in [3.8, 4) is 11.5 Å². The quantitative estimate of drug-likeness (QED) is 0.0560. The van der Waals surface area contributed by atoms with Crippen LogP contribution in [0.25, 0.3) is 0 Å². The first-order chi connectivity index (χ1) is 24.8. The molecular weight excluding hydrogens is 803 g/mol. The topological polar surface area (TPSA) is 236 Å². The summed E-state index contributed by atoms with van der Waals surface area (Å²) in [5.74, 6) is -2.29. The fourth-order valence-electron chi connectivity index (χ4n) is 3.46. The number of anilines is 2. The molecule has 0 aliphatic heterocycles. The van der Waals surface area contributed by atoms with E-state index < -0.39 is 49.2 Å². The molecule has 3 atom stereocenters. The number of aromatic nitrogens is 3. The molecule has 0 fully saturated rings. The third kappa shape index (κ3) is 18.4. The molecule has 2 aromatic carbocycles. The maximum absolute atomic E-state index is 12.7. The maximum atomic E-state index is 12.7. The number of carbonyl (C=O) groups excluding carboxylic acids is 1. The van der Waals surface area contributed by atoms with Crippen molar-refractivity contribution in [2.45, 2.75) is 70.1 Å². The lowest BCUT2D eigenvalue weighted by Gasteiger charge is -2.20. The monoisotopic (exact) mass is 844 g/mol. The lowest BCUT2D eigenvalue weighted by Crippen LogP contribution is -2.30. The first-order valence-corrected chi connectivity index (χ1v) is 19.9. The van der Waals surface area contributed by atoms with Gasteiger partial charge in [-0.15, -0.1) is 0 Å². The highest BCUT2D eigenvalue weighted by molar-refractivity contribution is 7.98. The summed E-state index contributed by atoms with van der Waals surface area (Å²) in [7, 11) is -3.10. The Kier molecular flexibility index (Phi) is 19.0. The first kappa shape index (κ1) is 48.1. The van der Waals surface area contributed by atoms with Crippen molar-refractivity contribution in [2.24, 2.45) is 5.73 Å². The molecule has 3 rings (SSSR count). The molecule has 0 amide bonds. The van der Waals surface area contributed by atoms with Gasteiger partial charge in [0, 0.05) is 24.9 Å². The molecule has 0 radical (unpaired) electrons. The third-order valence-electron chi connectivity index (χ3n) is 6.07. The molecule has 7 N–H and O–H groups in total. The average Bonchev–Trinajstić information content (AvgIpc) is 3.04. The van der Waals surface area contributed by atoms with E-state index in [0.29, 0.717) is 18.0 Å². The minimum absolute atomic E-state index is 0.0246. The van der Waals surface area contributed by atoms with Gasteiger partial charge in [-0.25, -0.2) is 9.59 Å². The number of carbonyl (C=O) groups is 3. The highest BCUT2D eigenvalue weighted by atomic mass is 35.5. The van der Waals surface area contributed by atoms with E-state index in [9.17, 15) is 32.1 Å².